The van der Waals surface area contributed by atoms with Crippen molar-refractivity contribution in [1.29, 1.82) is 0 Å². The van der Waals surface area contributed by atoms with Gasteiger partial charge in [0.15, 0.2) is 0 Å². The molecule has 1 N–H and O–H groups in total. The third kappa shape index (κ3) is 3.33. The van der Waals surface area contributed by atoms with Gasteiger partial charge in [0.2, 0.25) is 0 Å². The minimum absolute atomic E-state index is 0.242. The van der Waals surface area contributed by atoms with E-state index in [-0.39, 0.29) is 5.56 Å². The molecule has 0 aliphatic heterocycles. The smallest absolute Gasteiger partial charge is 0.335 e. The standard InChI is InChI=1S/C16H16O3S/c1-11-3-4-12(2)15(9-11)20(19)10-13-5-7-14(8-6-13)16(17)18/h3-9H,10H2,1-2H3,(H,17,18). The van der Waals surface area contributed by atoms with Crippen molar-refractivity contribution in [2.45, 2.75) is 24.5 Å². The average Bonchev–Trinajstić information content (AvgIpc) is 2.42. The summed E-state index contributed by atoms with van der Waals surface area (Å²) in [5, 5.41) is 8.84. The summed E-state index contributed by atoms with van der Waals surface area (Å²) in [7, 11) is -1.12. The number of carboxylic acids is 1. The molecule has 4 heteroatoms. The van der Waals surface area contributed by atoms with Crippen LogP contribution in [0.4, 0.5) is 0 Å². The fraction of sp³-hybridized carbons (Fsp3) is 0.188. The van der Waals surface area contributed by atoms with Crippen LogP contribution >= 0.6 is 0 Å². The van der Waals surface area contributed by atoms with Crippen molar-refractivity contribution < 1.29 is 14.1 Å². The van der Waals surface area contributed by atoms with Crippen LogP contribution in [0.2, 0.25) is 0 Å². The minimum atomic E-state index is -1.12. The average molecular weight is 288 g/mol. The van der Waals surface area contributed by atoms with E-state index in [2.05, 4.69) is 0 Å². The lowest BCUT2D eigenvalue weighted by Gasteiger charge is -2.07. The molecule has 0 radical (unpaired) electrons. The zero-order chi connectivity index (χ0) is 14.7. The van der Waals surface area contributed by atoms with Gasteiger partial charge in [0.05, 0.1) is 22.1 Å². The summed E-state index contributed by atoms with van der Waals surface area (Å²) in [4.78, 5) is 11.6. The lowest BCUT2D eigenvalue weighted by molar-refractivity contribution is 0.0697. The van der Waals surface area contributed by atoms with Crippen LogP contribution in [-0.4, -0.2) is 15.3 Å². The summed E-state index contributed by atoms with van der Waals surface area (Å²) >= 11 is 0. The number of carbonyl (C=O) groups is 1. The Kier molecular flexibility index (Phi) is 4.35. The molecule has 0 saturated carbocycles. The zero-order valence-corrected chi connectivity index (χ0v) is 12.2. The number of rotatable bonds is 4. The molecule has 2 aromatic rings. The SMILES string of the molecule is Cc1ccc(C)c(S(=O)Cc2ccc(C(=O)O)cc2)c1. The maximum Gasteiger partial charge on any atom is 0.335 e. The third-order valence-electron chi connectivity index (χ3n) is 3.09. The Balaban J connectivity index is 2.19. The van der Waals surface area contributed by atoms with Crippen LogP contribution in [0.15, 0.2) is 47.4 Å². The summed E-state index contributed by atoms with van der Waals surface area (Å²) in [5.74, 6) is -0.559. The van der Waals surface area contributed by atoms with Crippen molar-refractivity contribution in [3.8, 4) is 0 Å². The molecule has 0 aliphatic rings. The Morgan fingerprint density at radius 2 is 1.75 bits per heavy atom. The molecular weight excluding hydrogens is 272 g/mol. The second kappa shape index (κ2) is 6.01. The molecule has 0 amide bonds. The van der Waals surface area contributed by atoms with Crippen LogP contribution in [0.25, 0.3) is 0 Å². The predicted molar refractivity (Wildman–Crippen MR) is 79.4 cm³/mol. The van der Waals surface area contributed by atoms with Gasteiger partial charge in [-0.1, -0.05) is 24.3 Å². The molecule has 0 saturated heterocycles. The zero-order valence-electron chi connectivity index (χ0n) is 11.4. The van der Waals surface area contributed by atoms with E-state index in [0.29, 0.717) is 5.75 Å². The van der Waals surface area contributed by atoms with Crippen LogP contribution in [0, 0.1) is 13.8 Å². The topological polar surface area (TPSA) is 54.4 Å². The van der Waals surface area contributed by atoms with E-state index in [9.17, 15) is 9.00 Å². The van der Waals surface area contributed by atoms with Gasteiger partial charge in [-0.05, 0) is 48.7 Å². The Hall–Kier alpha value is -1.94. The van der Waals surface area contributed by atoms with Gasteiger partial charge in [-0.25, -0.2) is 4.79 Å². The third-order valence-corrected chi connectivity index (χ3v) is 4.61. The van der Waals surface area contributed by atoms with Crippen molar-refractivity contribution in [2.24, 2.45) is 0 Å². The van der Waals surface area contributed by atoms with Crippen molar-refractivity contribution >= 4 is 16.8 Å². The molecular formula is C16H16O3S. The maximum absolute atomic E-state index is 12.4. The fourth-order valence-electron chi connectivity index (χ4n) is 1.93. The molecule has 0 aliphatic carbocycles. The fourth-order valence-corrected chi connectivity index (χ4v) is 3.32. The van der Waals surface area contributed by atoms with Crippen LogP contribution in [0.3, 0.4) is 0 Å². The van der Waals surface area contributed by atoms with Gasteiger partial charge in [0, 0.05) is 4.90 Å². The van der Waals surface area contributed by atoms with Crippen molar-refractivity contribution in [3.63, 3.8) is 0 Å². The summed E-state index contributed by atoms with van der Waals surface area (Å²) in [6, 6.07) is 12.4. The van der Waals surface area contributed by atoms with Gasteiger partial charge in [-0.3, -0.25) is 4.21 Å². The highest BCUT2D eigenvalue weighted by molar-refractivity contribution is 7.84. The molecule has 0 spiro atoms. The van der Waals surface area contributed by atoms with E-state index in [4.69, 9.17) is 5.11 Å². The summed E-state index contributed by atoms with van der Waals surface area (Å²) in [6.45, 7) is 3.92. The molecule has 1 unspecified atom stereocenters. The van der Waals surface area contributed by atoms with Crippen LogP contribution < -0.4 is 0 Å². The van der Waals surface area contributed by atoms with Gasteiger partial charge in [-0.2, -0.15) is 0 Å². The van der Waals surface area contributed by atoms with Crippen molar-refractivity contribution in [1.82, 2.24) is 0 Å². The van der Waals surface area contributed by atoms with Crippen molar-refractivity contribution in [2.75, 3.05) is 0 Å². The Morgan fingerprint density at radius 1 is 1.10 bits per heavy atom. The second-order valence-electron chi connectivity index (χ2n) is 4.76. The van der Waals surface area contributed by atoms with Crippen LogP contribution in [0.1, 0.15) is 27.0 Å². The second-order valence-corrected chi connectivity index (χ2v) is 6.18. The van der Waals surface area contributed by atoms with E-state index in [0.717, 1.165) is 21.6 Å². The number of aromatic carboxylic acids is 1. The number of hydrogen-bond acceptors (Lipinski definition) is 2. The van der Waals surface area contributed by atoms with E-state index in [1.165, 1.54) is 12.1 Å². The summed E-state index contributed by atoms with van der Waals surface area (Å²) in [6.07, 6.45) is 0. The molecule has 2 rings (SSSR count). The first-order chi connectivity index (χ1) is 9.47. The van der Waals surface area contributed by atoms with Gasteiger partial charge >= 0.3 is 5.97 Å². The lowest BCUT2D eigenvalue weighted by Crippen LogP contribution is -2.01. The largest absolute Gasteiger partial charge is 0.478 e. The molecule has 0 bridgehead atoms. The van der Waals surface area contributed by atoms with E-state index < -0.39 is 16.8 Å². The molecule has 2 aromatic carbocycles. The summed E-state index contributed by atoms with van der Waals surface area (Å²) < 4.78 is 12.4. The first kappa shape index (κ1) is 14.5. The van der Waals surface area contributed by atoms with E-state index in [1.54, 1.807) is 12.1 Å². The number of aryl methyl sites for hydroxylation is 2. The molecule has 0 aromatic heterocycles. The quantitative estimate of drug-likeness (QED) is 0.939. The molecule has 0 fully saturated rings. The van der Waals surface area contributed by atoms with Crippen molar-refractivity contribution in [3.05, 3.63) is 64.7 Å². The first-order valence-electron chi connectivity index (χ1n) is 6.25. The first-order valence-corrected chi connectivity index (χ1v) is 7.57. The van der Waals surface area contributed by atoms with Gasteiger partial charge in [0.25, 0.3) is 0 Å². The highest BCUT2D eigenvalue weighted by Crippen LogP contribution is 2.18. The van der Waals surface area contributed by atoms with Gasteiger partial charge in [0.1, 0.15) is 0 Å². The lowest BCUT2D eigenvalue weighted by atomic mass is 10.1. The number of benzene rings is 2. The minimum Gasteiger partial charge on any atom is -0.478 e. The molecule has 104 valence electrons. The Morgan fingerprint density at radius 3 is 2.35 bits per heavy atom. The van der Waals surface area contributed by atoms with E-state index >= 15 is 0 Å². The molecule has 3 nitrogen and oxygen atoms in total. The highest BCUT2D eigenvalue weighted by Gasteiger charge is 2.09. The predicted octanol–water partition coefficient (Wildman–Crippen LogP) is 3.31. The Labute approximate surface area is 120 Å². The van der Waals surface area contributed by atoms with Crippen LogP contribution in [0.5, 0.6) is 0 Å². The number of carboxylic acid groups (broad SMARTS) is 1. The molecule has 1 atom stereocenters. The molecule has 20 heavy (non-hydrogen) atoms. The van der Waals surface area contributed by atoms with E-state index in [1.807, 2.05) is 32.0 Å². The number of hydrogen-bond donors (Lipinski definition) is 1. The normalized spacial score (nSPS) is 12.1. The maximum atomic E-state index is 12.4. The monoisotopic (exact) mass is 288 g/mol. The summed E-state index contributed by atoms with van der Waals surface area (Å²) in [5.41, 5.74) is 3.21. The highest BCUT2D eigenvalue weighted by atomic mass is 32.2. The van der Waals surface area contributed by atoms with Gasteiger partial charge < -0.3 is 5.11 Å². The van der Waals surface area contributed by atoms with Crippen LogP contribution in [-0.2, 0) is 16.6 Å². The molecule has 0 heterocycles. The van der Waals surface area contributed by atoms with Gasteiger partial charge in [-0.15, -0.1) is 0 Å². The Bertz CT molecular complexity index is 660.